The number of amides is 1. The number of aromatic nitrogens is 1. The van der Waals surface area contributed by atoms with E-state index in [1.54, 1.807) is 36.5 Å². The minimum Gasteiger partial charge on any atom is -0.345 e. The van der Waals surface area contributed by atoms with Crippen molar-refractivity contribution in [3.8, 4) is 12.1 Å². The van der Waals surface area contributed by atoms with Crippen molar-refractivity contribution >= 4 is 17.4 Å². The summed E-state index contributed by atoms with van der Waals surface area (Å²) >= 11 is 0. The minimum atomic E-state index is -0.602. The topological polar surface area (TPSA) is 102 Å². The summed E-state index contributed by atoms with van der Waals surface area (Å²) < 4.78 is 0. The Labute approximate surface area is 133 Å². The first kappa shape index (κ1) is 15.7. The number of aryl methyl sites for hydroxylation is 1. The van der Waals surface area contributed by atoms with Crippen molar-refractivity contribution < 1.29 is 4.79 Å². The first-order chi connectivity index (χ1) is 11.1. The molecular weight excluding hydrogens is 290 g/mol. The van der Waals surface area contributed by atoms with Crippen LogP contribution in [0.1, 0.15) is 11.1 Å². The number of nitrogens with zero attached hydrogens (tertiary/aromatic N) is 3. The summed E-state index contributed by atoms with van der Waals surface area (Å²) in [4.78, 5) is 16.2. The predicted octanol–water partition coefficient (Wildman–Crippen LogP) is 2.72. The van der Waals surface area contributed by atoms with Gasteiger partial charge in [0.1, 0.15) is 23.5 Å². The number of hydrogen-bond donors (Lipinski definition) is 2. The molecule has 0 aliphatic rings. The van der Waals surface area contributed by atoms with Crippen molar-refractivity contribution in [2.45, 2.75) is 6.92 Å². The summed E-state index contributed by atoms with van der Waals surface area (Å²) in [5.41, 5.74) is 1.56. The summed E-state index contributed by atoms with van der Waals surface area (Å²) in [5, 5.41) is 23.5. The van der Waals surface area contributed by atoms with Gasteiger partial charge in [0, 0.05) is 12.4 Å². The molecule has 6 nitrogen and oxygen atoms in total. The molecule has 2 rings (SSSR count). The van der Waals surface area contributed by atoms with Crippen LogP contribution in [0.3, 0.4) is 0 Å². The van der Waals surface area contributed by atoms with E-state index in [0.29, 0.717) is 17.1 Å². The highest BCUT2D eigenvalue weighted by atomic mass is 16.1. The van der Waals surface area contributed by atoms with Gasteiger partial charge in [0.05, 0.1) is 11.3 Å². The number of hydrogen-bond acceptors (Lipinski definition) is 5. The van der Waals surface area contributed by atoms with Gasteiger partial charge >= 0.3 is 0 Å². The van der Waals surface area contributed by atoms with Gasteiger partial charge in [0.2, 0.25) is 0 Å². The first-order valence-electron chi connectivity index (χ1n) is 6.74. The fourth-order valence-corrected chi connectivity index (χ4v) is 1.79. The molecule has 2 aromatic rings. The van der Waals surface area contributed by atoms with Crippen LogP contribution in [0.4, 0.5) is 11.5 Å². The lowest BCUT2D eigenvalue weighted by Crippen LogP contribution is -2.15. The van der Waals surface area contributed by atoms with Crippen LogP contribution in [0.15, 0.2) is 54.4 Å². The zero-order valence-electron chi connectivity index (χ0n) is 12.4. The van der Waals surface area contributed by atoms with E-state index >= 15 is 0 Å². The van der Waals surface area contributed by atoms with Crippen LogP contribution in [-0.4, -0.2) is 10.9 Å². The number of pyridine rings is 1. The monoisotopic (exact) mass is 303 g/mol. The summed E-state index contributed by atoms with van der Waals surface area (Å²) in [7, 11) is 0. The number of carbonyl (C=O) groups is 1. The first-order valence-corrected chi connectivity index (χ1v) is 6.74. The van der Waals surface area contributed by atoms with Crippen LogP contribution >= 0.6 is 0 Å². The molecular formula is C17H13N5O. The molecule has 0 atom stereocenters. The third-order valence-corrected chi connectivity index (χ3v) is 2.94. The Morgan fingerprint density at radius 1 is 1.26 bits per heavy atom. The van der Waals surface area contributed by atoms with E-state index < -0.39 is 5.91 Å². The average molecular weight is 303 g/mol. The summed E-state index contributed by atoms with van der Waals surface area (Å²) in [6, 6.07) is 14.0. The molecule has 1 heterocycles. The van der Waals surface area contributed by atoms with Crippen molar-refractivity contribution in [3.63, 3.8) is 0 Å². The third kappa shape index (κ3) is 4.16. The largest absolute Gasteiger partial charge is 0.345 e. The zero-order chi connectivity index (χ0) is 16.7. The van der Waals surface area contributed by atoms with E-state index in [4.69, 9.17) is 10.5 Å². The van der Waals surface area contributed by atoms with Crippen molar-refractivity contribution in [1.29, 1.82) is 10.5 Å². The van der Waals surface area contributed by atoms with Gasteiger partial charge in [-0.15, -0.1) is 0 Å². The number of anilines is 2. The van der Waals surface area contributed by atoms with Gasteiger partial charge in [0.15, 0.2) is 0 Å². The summed E-state index contributed by atoms with van der Waals surface area (Å²) in [6.07, 6.45) is 2.91. The van der Waals surface area contributed by atoms with Crippen LogP contribution in [0.2, 0.25) is 0 Å². The highest BCUT2D eigenvalue weighted by molar-refractivity contribution is 6.07. The second-order valence-corrected chi connectivity index (χ2v) is 4.64. The molecule has 0 spiro atoms. The van der Waals surface area contributed by atoms with Crippen molar-refractivity contribution in [2.75, 3.05) is 10.6 Å². The van der Waals surface area contributed by atoms with E-state index in [1.807, 2.05) is 25.1 Å². The maximum absolute atomic E-state index is 12.1. The second-order valence-electron chi connectivity index (χ2n) is 4.64. The molecule has 6 heteroatoms. The summed E-state index contributed by atoms with van der Waals surface area (Å²) in [5.74, 6) is -0.0710. The molecule has 0 aliphatic carbocycles. The highest BCUT2D eigenvalue weighted by Crippen LogP contribution is 2.14. The lowest BCUT2D eigenvalue weighted by molar-refractivity contribution is -0.112. The van der Waals surface area contributed by atoms with Crippen molar-refractivity contribution in [3.05, 3.63) is 65.5 Å². The lowest BCUT2D eigenvalue weighted by Gasteiger charge is -2.06. The van der Waals surface area contributed by atoms with E-state index in [2.05, 4.69) is 15.6 Å². The predicted molar refractivity (Wildman–Crippen MR) is 86.1 cm³/mol. The van der Waals surface area contributed by atoms with Gasteiger partial charge in [-0.2, -0.15) is 10.5 Å². The normalized spacial score (nSPS) is 10.3. The van der Waals surface area contributed by atoms with Crippen molar-refractivity contribution in [2.24, 2.45) is 0 Å². The molecule has 1 aromatic heterocycles. The molecule has 2 N–H and O–H groups in total. The molecule has 0 fully saturated rings. The van der Waals surface area contributed by atoms with Crippen LogP contribution in [0.25, 0.3) is 0 Å². The highest BCUT2D eigenvalue weighted by Gasteiger charge is 2.11. The van der Waals surface area contributed by atoms with Gasteiger partial charge in [-0.3, -0.25) is 4.79 Å². The van der Waals surface area contributed by atoms with Gasteiger partial charge in [0.25, 0.3) is 5.91 Å². The number of rotatable bonds is 4. The molecule has 0 radical (unpaired) electrons. The number of nitrogens with one attached hydrogen (secondary N) is 2. The number of carbonyl (C=O) groups excluding carboxylic acids is 1. The molecule has 23 heavy (non-hydrogen) atoms. The average Bonchev–Trinajstić information content (AvgIpc) is 2.56. The van der Waals surface area contributed by atoms with Crippen molar-refractivity contribution in [1.82, 2.24) is 4.98 Å². The maximum Gasteiger partial charge on any atom is 0.267 e. The van der Waals surface area contributed by atoms with Crippen LogP contribution in [-0.2, 0) is 4.79 Å². The van der Waals surface area contributed by atoms with Crippen LogP contribution in [0.5, 0.6) is 0 Å². The smallest absolute Gasteiger partial charge is 0.267 e. The maximum atomic E-state index is 12.1. The summed E-state index contributed by atoms with van der Waals surface area (Å²) in [6.45, 7) is 1.91. The lowest BCUT2D eigenvalue weighted by atomic mass is 10.2. The Morgan fingerprint density at radius 2 is 2.04 bits per heavy atom. The van der Waals surface area contributed by atoms with Gasteiger partial charge < -0.3 is 10.6 Å². The molecule has 0 unspecified atom stereocenters. The molecule has 112 valence electrons. The zero-order valence-corrected chi connectivity index (χ0v) is 12.4. The standard InChI is InChI=1S/C17H13N5O/c1-12-6-7-20-16(8-12)21-11-14(10-19)17(23)22-15-5-3-2-4-13(15)9-18/h2-8,11H,1H3,(H,20,21)(H,22,23)/b14-11-. The Bertz CT molecular complexity index is 843. The Hall–Kier alpha value is -3.64. The SMILES string of the molecule is Cc1ccnc(N/C=C(/C#N)C(=O)Nc2ccccc2C#N)c1. The van der Waals surface area contributed by atoms with E-state index in [0.717, 1.165) is 5.56 Å². The molecule has 0 aliphatic heterocycles. The number of nitriles is 2. The van der Waals surface area contributed by atoms with E-state index in [1.165, 1.54) is 6.20 Å². The quantitative estimate of drug-likeness (QED) is 0.668. The second kappa shape index (κ2) is 7.39. The molecule has 1 aromatic carbocycles. The van der Waals surface area contributed by atoms with Crippen LogP contribution in [0, 0.1) is 29.6 Å². The van der Waals surface area contributed by atoms with E-state index in [9.17, 15) is 4.79 Å². The molecule has 0 saturated heterocycles. The van der Waals surface area contributed by atoms with Gasteiger partial charge in [-0.05, 0) is 36.8 Å². The Balaban J connectivity index is 2.14. The fraction of sp³-hybridized carbons (Fsp3) is 0.0588. The fourth-order valence-electron chi connectivity index (χ4n) is 1.79. The number of para-hydroxylation sites is 1. The molecule has 0 saturated carbocycles. The molecule has 0 bridgehead atoms. The third-order valence-electron chi connectivity index (χ3n) is 2.94. The van der Waals surface area contributed by atoms with Crippen LogP contribution < -0.4 is 10.6 Å². The van der Waals surface area contributed by atoms with Gasteiger partial charge in [-0.25, -0.2) is 4.98 Å². The Morgan fingerprint density at radius 3 is 2.74 bits per heavy atom. The number of benzene rings is 1. The molecule has 1 amide bonds. The minimum absolute atomic E-state index is 0.124. The van der Waals surface area contributed by atoms with E-state index in [-0.39, 0.29) is 5.57 Å². The van der Waals surface area contributed by atoms with Gasteiger partial charge in [-0.1, -0.05) is 12.1 Å². The Kier molecular flexibility index (Phi) is 5.06.